The molecular weight excluding hydrogens is 304 g/mol. The number of aryl methyl sites for hydroxylation is 2. The molecule has 0 radical (unpaired) electrons. The lowest BCUT2D eigenvalue weighted by Crippen LogP contribution is -2.07. The van der Waals surface area contributed by atoms with Crippen molar-refractivity contribution < 1.29 is 8.78 Å². The summed E-state index contributed by atoms with van der Waals surface area (Å²) in [6, 6.07) is 3.32. The molecule has 0 aliphatic rings. The Labute approximate surface area is 112 Å². The fourth-order valence-corrected chi connectivity index (χ4v) is 2.16. The molecule has 0 bridgehead atoms. The van der Waals surface area contributed by atoms with E-state index in [0.29, 0.717) is 6.54 Å². The number of hydrogen-bond donors (Lipinski definition) is 1. The number of hydrogen-bond acceptors (Lipinski definition) is 2. The fraction of sp³-hybridized carbons (Fsp3) is 0.250. The van der Waals surface area contributed by atoms with E-state index in [1.807, 2.05) is 6.92 Å². The van der Waals surface area contributed by atoms with E-state index in [4.69, 9.17) is 0 Å². The summed E-state index contributed by atoms with van der Waals surface area (Å²) in [6.45, 7) is 2.23. The van der Waals surface area contributed by atoms with Gasteiger partial charge in [-0.3, -0.25) is 4.68 Å². The highest BCUT2D eigenvalue weighted by Gasteiger charge is 2.11. The van der Waals surface area contributed by atoms with Gasteiger partial charge in [0.1, 0.15) is 11.6 Å². The van der Waals surface area contributed by atoms with E-state index in [-0.39, 0.29) is 5.69 Å². The van der Waals surface area contributed by atoms with Crippen LogP contribution in [0.15, 0.2) is 22.7 Å². The molecule has 1 aromatic heterocycles. The summed E-state index contributed by atoms with van der Waals surface area (Å²) in [4.78, 5) is 0. The molecule has 0 aliphatic heterocycles. The van der Waals surface area contributed by atoms with Gasteiger partial charge in [-0.25, -0.2) is 8.78 Å². The molecule has 0 saturated carbocycles. The molecule has 96 valence electrons. The van der Waals surface area contributed by atoms with Gasteiger partial charge in [0, 0.05) is 7.05 Å². The number of benzene rings is 1. The minimum atomic E-state index is -0.480. The van der Waals surface area contributed by atoms with Crippen LogP contribution in [0.4, 0.5) is 14.5 Å². The van der Waals surface area contributed by atoms with E-state index in [2.05, 4.69) is 26.3 Å². The molecule has 0 spiro atoms. The first-order valence-electron chi connectivity index (χ1n) is 5.36. The van der Waals surface area contributed by atoms with Gasteiger partial charge in [0.05, 0.1) is 28.1 Å². The third-order valence-electron chi connectivity index (χ3n) is 2.64. The maximum absolute atomic E-state index is 13.4. The van der Waals surface area contributed by atoms with Crippen molar-refractivity contribution in [1.29, 1.82) is 0 Å². The zero-order chi connectivity index (χ0) is 13.3. The molecule has 0 amide bonds. The summed E-state index contributed by atoms with van der Waals surface area (Å²) in [5, 5.41) is 7.08. The second kappa shape index (κ2) is 5.06. The molecule has 1 aromatic carbocycles. The number of nitrogens with zero attached hydrogens (tertiary/aromatic N) is 2. The largest absolute Gasteiger partial charge is 0.377 e. The zero-order valence-electron chi connectivity index (χ0n) is 9.97. The van der Waals surface area contributed by atoms with Crippen molar-refractivity contribution in [2.75, 3.05) is 5.32 Å². The standard InChI is InChI=1S/C12H12BrF2N3/c1-7-12(13)11(18(2)17-7)6-16-10-5-8(14)3-4-9(10)15/h3-5,16H,6H2,1-2H3. The molecule has 1 heterocycles. The Bertz CT molecular complexity index is 581. The Hall–Kier alpha value is -1.43. The first-order chi connectivity index (χ1) is 8.49. The molecule has 6 heteroatoms. The van der Waals surface area contributed by atoms with Gasteiger partial charge in [-0.05, 0) is 41.1 Å². The van der Waals surface area contributed by atoms with E-state index in [9.17, 15) is 8.78 Å². The van der Waals surface area contributed by atoms with Crippen LogP contribution >= 0.6 is 15.9 Å². The minimum absolute atomic E-state index is 0.140. The highest BCUT2D eigenvalue weighted by molar-refractivity contribution is 9.10. The normalized spacial score (nSPS) is 10.7. The van der Waals surface area contributed by atoms with Gasteiger partial charge in [-0.2, -0.15) is 5.10 Å². The maximum atomic E-state index is 13.4. The number of aromatic nitrogens is 2. The number of halogens is 3. The lowest BCUT2D eigenvalue weighted by molar-refractivity contribution is 0.601. The molecule has 2 rings (SSSR count). The van der Waals surface area contributed by atoms with Crippen LogP contribution in [0.1, 0.15) is 11.4 Å². The van der Waals surface area contributed by atoms with Gasteiger partial charge < -0.3 is 5.32 Å². The predicted molar refractivity (Wildman–Crippen MR) is 69.3 cm³/mol. The van der Waals surface area contributed by atoms with E-state index in [0.717, 1.165) is 34.1 Å². The van der Waals surface area contributed by atoms with Crippen molar-refractivity contribution in [3.05, 3.63) is 45.7 Å². The summed E-state index contributed by atoms with van der Waals surface area (Å²) in [5.74, 6) is -0.953. The fourth-order valence-electron chi connectivity index (χ4n) is 1.68. The molecule has 3 nitrogen and oxygen atoms in total. The van der Waals surface area contributed by atoms with Gasteiger partial charge in [-0.15, -0.1) is 0 Å². The lowest BCUT2D eigenvalue weighted by Gasteiger charge is -2.08. The highest BCUT2D eigenvalue weighted by Crippen LogP contribution is 2.22. The van der Waals surface area contributed by atoms with E-state index >= 15 is 0 Å². The molecule has 0 saturated heterocycles. The van der Waals surface area contributed by atoms with E-state index in [1.165, 1.54) is 0 Å². The second-order valence-electron chi connectivity index (χ2n) is 3.95. The number of rotatable bonds is 3. The van der Waals surface area contributed by atoms with E-state index in [1.54, 1.807) is 11.7 Å². The maximum Gasteiger partial charge on any atom is 0.146 e. The molecule has 2 aromatic rings. The van der Waals surface area contributed by atoms with Crippen LogP contribution in [-0.2, 0) is 13.6 Å². The van der Waals surface area contributed by atoms with Crippen molar-refractivity contribution >= 4 is 21.6 Å². The monoisotopic (exact) mass is 315 g/mol. The number of nitrogens with one attached hydrogen (secondary N) is 1. The van der Waals surface area contributed by atoms with Crippen molar-refractivity contribution in [1.82, 2.24) is 9.78 Å². The summed E-state index contributed by atoms with van der Waals surface area (Å²) in [6.07, 6.45) is 0. The minimum Gasteiger partial charge on any atom is -0.377 e. The second-order valence-corrected chi connectivity index (χ2v) is 4.74. The summed E-state index contributed by atoms with van der Waals surface area (Å²) in [5.41, 5.74) is 1.87. The Morgan fingerprint density at radius 1 is 1.39 bits per heavy atom. The predicted octanol–water partition coefficient (Wildman–Crippen LogP) is 3.38. The molecular formula is C12H12BrF2N3. The van der Waals surface area contributed by atoms with Crippen molar-refractivity contribution in [2.24, 2.45) is 7.05 Å². The average molecular weight is 316 g/mol. The molecule has 0 unspecified atom stereocenters. The Morgan fingerprint density at radius 2 is 2.11 bits per heavy atom. The Morgan fingerprint density at radius 3 is 2.72 bits per heavy atom. The lowest BCUT2D eigenvalue weighted by atomic mass is 10.3. The molecule has 18 heavy (non-hydrogen) atoms. The number of anilines is 1. The average Bonchev–Trinajstić information content (AvgIpc) is 2.55. The first-order valence-corrected chi connectivity index (χ1v) is 6.15. The smallest absolute Gasteiger partial charge is 0.146 e. The molecule has 0 fully saturated rings. The van der Waals surface area contributed by atoms with Crippen LogP contribution in [0.3, 0.4) is 0 Å². The van der Waals surface area contributed by atoms with Crippen molar-refractivity contribution in [3.63, 3.8) is 0 Å². The van der Waals surface area contributed by atoms with Crippen LogP contribution in [0.2, 0.25) is 0 Å². The van der Waals surface area contributed by atoms with Gasteiger partial charge in [0.15, 0.2) is 0 Å². The van der Waals surface area contributed by atoms with Gasteiger partial charge >= 0.3 is 0 Å². The Balaban J connectivity index is 2.19. The van der Waals surface area contributed by atoms with Crippen LogP contribution in [0.25, 0.3) is 0 Å². The SMILES string of the molecule is Cc1nn(C)c(CNc2cc(F)ccc2F)c1Br. The molecule has 0 aliphatic carbocycles. The topological polar surface area (TPSA) is 29.9 Å². The Kier molecular flexibility index (Phi) is 3.65. The molecule has 0 atom stereocenters. The zero-order valence-corrected chi connectivity index (χ0v) is 11.6. The molecule has 1 N–H and O–H groups in total. The van der Waals surface area contributed by atoms with Crippen molar-refractivity contribution in [3.8, 4) is 0 Å². The quantitative estimate of drug-likeness (QED) is 0.941. The first kappa shape index (κ1) is 13.0. The highest BCUT2D eigenvalue weighted by atomic mass is 79.9. The van der Waals surface area contributed by atoms with Gasteiger partial charge in [0.25, 0.3) is 0 Å². The van der Waals surface area contributed by atoms with Crippen LogP contribution < -0.4 is 5.32 Å². The third kappa shape index (κ3) is 2.53. The van der Waals surface area contributed by atoms with Crippen molar-refractivity contribution in [2.45, 2.75) is 13.5 Å². The van der Waals surface area contributed by atoms with E-state index < -0.39 is 11.6 Å². The van der Waals surface area contributed by atoms with Gasteiger partial charge in [0.2, 0.25) is 0 Å². The summed E-state index contributed by atoms with van der Waals surface area (Å²) in [7, 11) is 1.80. The van der Waals surface area contributed by atoms with Gasteiger partial charge in [-0.1, -0.05) is 0 Å². The summed E-state index contributed by atoms with van der Waals surface area (Å²) >= 11 is 3.42. The third-order valence-corrected chi connectivity index (χ3v) is 3.67. The van der Waals surface area contributed by atoms with Crippen LogP contribution in [0, 0.1) is 18.6 Å². The van der Waals surface area contributed by atoms with Crippen LogP contribution in [0.5, 0.6) is 0 Å². The van der Waals surface area contributed by atoms with Crippen LogP contribution in [-0.4, -0.2) is 9.78 Å². The summed E-state index contributed by atoms with van der Waals surface area (Å²) < 4.78 is 29.0.